The Balaban J connectivity index is 1.64. The fourth-order valence-electron chi connectivity index (χ4n) is 2.46. The fourth-order valence-corrected chi connectivity index (χ4v) is 2.46. The average Bonchev–Trinajstić information content (AvgIpc) is 2.57. The van der Waals surface area contributed by atoms with Crippen LogP contribution in [0.3, 0.4) is 0 Å². The van der Waals surface area contributed by atoms with Crippen molar-refractivity contribution < 1.29 is 9.53 Å². The van der Waals surface area contributed by atoms with Gasteiger partial charge in [0.1, 0.15) is 17.3 Å². The van der Waals surface area contributed by atoms with Crippen LogP contribution in [0.2, 0.25) is 0 Å². The first-order valence-corrected chi connectivity index (χ1v) is 7.67. The summed E-state index contributed by atoms with van der Waals surface area (Å²) in [4.78, 5) is 12.2. The van der Waals surface area contributed by atoms with Gasteiger partial charge in [0.05, 0.1) is 0 Å². The minimum absolute atomic E-state index is 0.202. The van der Waals surface area contributed by atoms with Gasteiger partial charge in [-0.3, -0.25) is 4.79 Å². The van der Waals surface area contributed by atoms with E-state index in [4.69, 9.17) is 4.74 Å². The van der Waals surface area contributed by atoms with Gasteiger partial charge in [0, 0.05) is 12.8 Å². The molecule has 0 saturated carbocycles. The zero-order valence-electron chi connectivity index (χ0n) is 12.8. The van der Waals surface area contributed by atoms with Gasteiger partial charge < -0.3 is 4.74 Å². The molecule has 3 aromatic carbocycles. The molecule has 0 heterocycles. The Hall–Kier alpha value is -2.87. The van der Waals surface area contributed by atoms with Crippen LogP contribution in [0.5, 0.6) is 11.5 Å². The van der Waals surface area contributed by atoms with Gasteiger partial charge in [-0.05, 0) is 35.4 Å². The summed E-state index contributed by atoms with van der Waals surface area (Å²) in [6, 6.07) is 27.2. The second kappa shape index (κ2) is 7.41. The van der Waals surface area contributed by atoms with Gasteiger partial charge in [-0.15, -0.1) is 0 Å². The second-order valence-electron chi connectivity index (χ2n) is 5.44. The molecule has 0 fully saturated rings. The fraction of sp³-hybridized carbons (Fsp3) is 0.0952. The summed E-state index contributed by atoms with van der Waals surface area (Å²) >= 11 is 0. The van der Waals surface area contributed by atoms with Gasteiger partial charge in [0.15, 0.2) is 0 Å². The Morgan fingerprint density at radius 1 is 0.652 bits per heavy atom. The molecule has 23 heavy (non-hydrogen) atoms. The molecule has 0 bridgehead atoms. The molecule has 3 rings (SSSR count). The number of Topliss-reactive ketones (excluding diaryl/α,β-unsaturated/α-hetero) is 1. The van der Waals surface area contributed by atoms with Crippen LogP contribution in [0, 0.1) is 0 Å². The number of carbonyl (C=O) groups excluding carboxylic acids is 1. The second-order valence-corrected chi connectivity index (χ2v) is 5.44. The maximum atomic E-state index is 12.2. The predicted molar refractivity (Wildman–Crippen MR) is 91.8 cm³/mol. The van der Waals surface area contributed by atoms with Crippen LogP contribution in [-0.2, 0) is 17.6 Å². The summed E-state index contributed by atoms with van der Waals surface area (Å²) in [5.74, 6) is 1.74. The minimum Gasteiger partial charge on any atom is -0.457 e. The highest BCUT2D eigenvalue weighted by Crippen LogP contribution is 2.22. The molecule has 0 atom stereocenters. The number of ketones is 1. The van der Waals surface area contributed by atoms with E-state index in [0.29, 0.717) is 12.8 Å². The number of benzene rings is 3. The van der Waals surface area contributed by atoms with Crippen LogP contribution < -0.4 is 4.74 Å². The van der Waals surface area contributed by atoms with Crippen molar-refractivity contribution >= 4 is 5.78 Å². The van der Waals surface area contributed by atoms with E-state index in [2.05, 4.69) is 0 Å². The first-order chi connectivity index (χ1) is 11.3. The highest BCUT2D eigenvalue weighted by molar-refractivity contribution is 5.83. The Morgan fingerprint density at radius 2 is 1.22 bits per heavy atom. The van der Waals surface area contributed by atoms with Crippen LogP contribution in [0.15, 0.2) is 84.9 Å². The number of para-hydroxylation sites is 1. The molecule has 0 unspecified atom stereocenters. The van der Waals surface area contributed by atoms with E-state index in [-0.39, 0.29) is 5.78 Å². The third-order valence-corrected chi connectivity index (χ3v) is 3.52. The van der Waals surface area contributed by atoms with Gasteiger partial charge in [0.25, 0.3) is 0 Å². The van der Waals surface area contributed by atoms with Crippen LogP contribution in [0.4, 0.5) is 0 Å². The molecule has 0 saturated heterocycles. The molecule has 0 aliphatic carbocycles. The van der Waals surface area contributed by atoms with Crippen molar-refractivity contribution in [3.8, 4) is 11.5 Å². The lowest BCUT2D eigenvalue weighted by Crippen LogP contribution is -2.06. The maximum Gasteiger partial charge on any atom is 0.141 e. The summed E-state index contributed by atoms with van der Waals surface area (Å²) in [7, 11) is 0. The van der Waals surface area contributed by atoms with Crippen molar-refractivity contribution in [2.45, 2.75) is 12.8 Å². The standard InChI is InChI=1S/C21H18O2/c22-19(14-17-8-3-1-4-9-17)15-18-10-7-13-21(16-18)23-20-11-5-2-6-12-20/h1-13,16H,14-15H2. The molecule has 0 aliphatic heterocycles. The molecule has 2 nitrogen and oxygen atoms in total. The Morgan fingerprint density at radius 3 is 1.96 bits per heavy atom. The van der Waals surface area contributed by atoms with E-state index in [1.165, 1.54) is 0 Å². The van der Waals surface area contributed by atoms with Crippen LogP contribution in [0.1, 0.15) is 11.1 Å². The molecule has 0 spiro atoms. The van der Waals surface area contributed by atoms with Gasteiger partial charge in [-0.25, -0.2) is 0 Å². The SMILES string of the molecule is O=C(Cc1ccccc1)Cc1cccc(Oc2ccccc2)c1. The Labute approximate surface area is 136 Å². The van der Waals surface area contributed by atoms with Crippen molar-refractivity contribution in [2.24, 2.45) is 0 Å². The third kappa shape index (κ3) is 4.55. The van der Waals surface area contributed by atoms with Gasteiger partial charge in [-0.1, -0.05) is 60.7 Å². The zero-order valence-corrected chi connectivity index (χ0v) is 12.8. The smallest absolute Gasteiger partial charge is 0.141 e. The average molecular weight is 302 g/mol. The molecular weight excluding hydrogens is 284 g/mol. The van der Waals surface area contributed by atoms with E-state index in [0.717, 1.165) is 22.6 Å². The summed E-state index contributed by atoms with van der Waals surface area (Å²) in [6.07, 6.45) is 0.880. The van der Waals surface area contributed by atoms with Crippen LogP contribution in [-0.4, -0.2) is 5.78 Å². The highest BCUT2D eigenvalue weighted by atomic mass is 16.5. The lowest BCUT2D eigenvalue weighted by Gasteiger charge is -2.07. The summed E-state index contributed by atoms with van der Waals surface area (Å²) in [6.45, 7) is 0. The summed E-state index contributed by atoms with van der Waals surface area (Å²) < 4.78 is 5.81. The van der Waals surface area contributed by atoms with E-state index in [9.17, 15) is 4.79 Å². The minimum atomic E-state index is 0.202. The largest absolute Gasteiger partial charge is 0.457 e. The summed E-state index contributed by atoms with van der Waals surface area (Å²) in [5.41, 5.74) is 2.02. The first kappa shape index (κ1) is 15.0. The van der Waals surface area contributed by atoms with Crippen molar-refractivity contribution in [2.75, 3.05) is 0 Å². The molecular formula is C21H18O2. The Bertz CT molecular complexity index is 764. The van der Waals surface area contributed by atoms with E-state index in [1.807, 2.05) is 84.9 Å². The number of ether oxygens (including phenoxy) is 1. The molecule has 0 aromatic heterocycles. The number of carbonyl (C=O) groups is 1. The molecule has 3 aromatic rings. The highest BCUT2D eigenvalue weighted by Gasteiger charge is 2.06. The summed E-state index contributed by atoms with van der Waals surface area (Å²) in [5, 5.41) is 0. The maximum absolute atomic E-state index is 12.2. The van der Waals surface area contributed by atoms with E-state index in [1.54, 1.807) is 0 Å². The normalized spacial score (nSPS) is 10.3. The number of hydrogen-bond acceptors (Lipinski definition) is 2. The molecule has 0 amide bonds. The monoisotopic (exact) mass is 302 g/mol. The lowest BCUT2D eigenvalue weighted by molar-refractivity contribution is -0.117. The third-order valence-electron chi connectivity index (χ3n) is 3.52. The van der Waals surface area contributed by atoms with Crippen molar-refractivity contribution in [3.05, 3.63) is 96.1 Å². The van der Waals surface area contributed by atoms with Crippen molar-refractivity contribution in [3.63, 3.8) is 0 Å². The van der Waals surface area contributed by atoms with Crippen LogP contribution >= 0.6 is 0 Å². The van der Waals surface area contributed by atoms with E-state index >= 15 is 0 Å². The van der Waals surface area contributed by atoms with Gasteiger partial charge in [-0.2, -0.15) is 0 Å². The Kier molecular flexibility index (Phi) is 4.85. The van der Waals surface area contributed by atoms with Crippen molar-refractivity contribution in [1.29, 1.82) is 0 Å². The van der Waals surface area contributed by atoms with E-state index < -0.39 is 0 Å². The molecule has 0 radical (unpaired) electrons. The number of hydrogen-bond donors (Lipinski definition) is 0. The zero-order chi connectivity index (χ0) is 15.9. The quantitative estimate of drug-likeness (QED) is 0.651. The molecule has 0 N–H and O–H groups in total. The molecule has 2 heteroatoms. The van der Waals surface area contributed by atoms with Gasteiger partial charge >= 0.3 is 0 Å². The first-order valence-electron chi connectivity index (χ1n) is 7.67. The molecule has 0 aliphatic rings. The van der Waals surface area contributed by atoms with Crippen molar-refractivity contribution in [1.82, 2.24) is 0 Å². The number of rotatable bonds is 6. The van der Waals surface area contributed by atoms with Gasteiger partial charge in [0.2, 0.25) is 0 Å². The predicted octanol–water partition coefficient (Wildman–Crippen LogP) is 4.83. The van der Waals surface area contributed by atoms with Crippen LogP contribution in [0.25, 0.3) is 0 Å². The molecule has 114 valence electrons. The lowest BCUT2D eigenvalue weighted by atomic mass is 10.0. The topological polar surface area (TPSA) is 26.3 Å².